The summed E-state index contributed by atoms with van der Waals surface area (Å²) >= 11 is 0. The largest absolute Gasteiger partial charge is 0.486 e. The predicted octanol–water partition coefficient (Wildman–Crippen LogP) is 2.19. The molecule has 3 rings (SSSR count). The Morgan fingerprint density at radius 2 is 2.17 bits per heavy atom. The van der Waals surface area contributed by atoms with Crippen molar-refractivity contribution in [1.29, 1.82) is 0 Å². The number of rotatable bonds is 4. The predicted molar refractivity (Wildman–Crippen MR) is 88.7 cm³/mol. The zero-order valence-corrected chi connectivity index (χ0v) is 14.0. The number of fused-ring (bicyclic) bond motifs is 1. The molecule has 2 aliphatic rings. The third kappa shape index (κ3) is 3.61. The quantitative estimate of drug-likeness (QED) is 0.924. The highest BCUT2D eigenvalue weighted by Crippen LogP contribution is 2.33. The van der Waals surface area contributed by atoms with Gasteiger partial charge in [0.15, 0.2) is 11.5 Å². The van der Waals surface area contributed by atoms with Crippen molar-refractivity contribution in [3.8, 4) is 11.5 Å². The monoisotopic (exact) mass is 318 g/mol. The first-order valence-corrected chi connectivity index (χ1v) is 8.55. The molecule has 0 aromatic heterocycles. The lowest BCUT2D eigenvalue weighted by Crippen LogP contribution is -2.50. The van der Waals surface area contributed by atoms with Crippen LogP contribution >= 0.6 is 0 Å². The first-order chi connectivity index (χ1) is 11.2. The summed E-state index contributed by atoms with van der Waals surface area (Å²) in [7, 11) is 0. The zero-order chi connectivity index (χ0) is 16.2. The lowest BCUT2D eigenvalue weighted by atomic mass is 9.89. The number of likely N-dealkylation sites (tertiary alicyclic amines) is 1. The van der Waals surface area contributed by atoms with Crippen molar-refractivity contribution < 1.29 is 14.3 Å². The number of benzene rings is 1. The Kier molecular flexibility index (Phi) is 5.06. The van der Waals surface area contributed by atoms with E-state index >= 15 is 0 Å². The molecule has 5 nitrogen and oxygen atoms in total. The van der Waals surface area contributed by atoms with E-state index in [4.69, 9.17) is 9.47 Å². The van der Waals surface area contributed by atoms with Crippen molar-refractivity contribution in [2.45, 2.75) is 39.3 Å². The van der Waals surface area contributed by atoms with Gasteiger partial charge in [0.1, 0.15) is 13.2 Å². The van der Waals surface area contributed by atoms with Gasteiger partial charge in [-0.05, 0) is 18.4 Å². The van der Waals surface area contributed by atoms with Crippen LogP contribution in [0.3, 0.4) is 0 Å². The van der Waals surface area contributed by atoms with Gasteiger partial charge in [0.2, 0.25) is 5.91 Å². The van der Waals surface area contributed by atoms with Gasteiger partial charge in [-0.2, -0.15) is 0 Å². The molecule has 23 heavy (non-hydrogen) atoms. The van der Waals surface area contributed by atoms with Crippen molar-refractivity contribution in [3.63, 3.8) is 0 Å². The summed E-state index contributed by atoms with van der Waals surface area (Å²) < 4.78 is 11.4. The summed E-state index contributed by atoms with van der Waals surface area (Å²) in [5, 5.41) is 3.67. The van der Waals surface area contributed by atoms with E-state index in [1.165, 1.54) is 0 Å². The van der Waals surface area contributed by atoms with Gasteiger partial charge in [0, 0.05) is 38.2 Å². The summed E-state index contributed by atoms with van der Waals surface area (Å²) in [5.74, 6) is 2.41. The minimum atomic E-state index is 0.185. The van der Waals surface area contributed by atoms with Crippen LogP contribution in [0.25, 0.3) is 0 Å². The first kappa shape index (κ1) is 16.1. The SMILES string of the molecule is CC[C@@H]1CN(C(C)=O)CC[C@@H]1NCc1cccc2c1OCCO2. The number of hydrogen-bond donors (Lipinski definition) is 1. The molecule has 2 atom stereocenters. The van der Waals surface area contributed by atoms with E-state index in [2.05, 4.69) is 18.3 Å². The van der Waals surface area contributed by atoms with Crippen LogP contribution in [0.1, 0.15) is 32.3 Å². The lowest BCUT2D eigenvalue weighted by Gasteiger charge is -2.38. The van der Waals surface area contributed by atoms with Crippen molar-refractivity contribution in [2.24, 2.45) is 5.92 Å². The molecule has 1 aromatic rings. The molecule has 0 bridgehead atoms. The lowest BCUT2D eigenvalue weighted by molar-refractivity contribution is -0.131. The Hall–Kier alpha value is -1.75. The number of carbonyl (C=O) groups is 1. The van der Waals surface area contributed by atoms with Gasteiger partial charge in [-0.3, -0.25) is 4.79 Å². The molecule has 0 radical (unpaired) electrons. The summed E-state index contributed by atoms with van der Waals surface area (Å²) in [6.07, 6.45) is 2.08. The van der Waals surface area contributed by atoms with Gasteiger partial charge in [0.25, 0.3) is 0 Å². The fraction of sp³-hybridized carbons (Fsp3) is 0.611. The number of para-hydroxylation sites is 1. The molecule has 1 fully saturated rings. The number of nitrogens with one attached hydrogen (secondary N) is 1. The van der Waals surface area contributed by atoms with Crippen LogP contribution in [-0.2, 0) is 11.3 Å². The Labute approximate surface area is 137 Å². The highest BCUT2D eigenvalue weighted by molar-refractivity contribution is 5.73. The fourth-order valence-electron chi connectivity index (χ4n) is 3.51. The highest BCUT2D eigenvalue weighted by atomic mass is 16.6. The minimum Gasteiger partial charge on any atom is -0.486 e. The van der Waals surface area contributed by atoms with Crippen LogP contribution < -0.4 is 14.8 Å². The van der Waals surface area contributed by atoms with Gasteiger partial charge in [0.05, 0.1) is 0 Å². The van der Waals surface area contributed by atoms with Crippen molar-refractivity contribution >= 4 is 5.91 Å². The Morgan fingerprint density at radius 3 is 2.96 bits per heavy atom. The van der Waals surface area contributed by atoms with Gasteiger partial charge < -0.3 is 19.7 Å². The smallest absolute Gasteiger partial charge is 0.219 e. The van der Waals surface area contributed by atoms with Crippen LogP contribution in [0.2, 0.25) is 0 Å². The second kappa shape index (κ2) is 7.21. The molecule has 1 saturated heterocycles. The molecule has 0 spiro atoms. The number of hydrogen-bond acceptors (Lipinski definition) is 4. The molecule has 5 heteroatoms. The standard InChI is InChI=1S/C18H26N2O3/c1-3-14-12-20(13(2)21)8-7-16(14)19-11-15-5-4-6-17-18(15)23-10-9-22-17/h4-6,14,16,19H,3,7-12H2,1-2H3/t14-,16+/m1/s1. The Morgan fingerprint density at radius 1 is 1.35 bits per heavy atom. The molecular formula is C18H26N2O3. The number of amides is 1. The summed E-state index contributed by atoms with van der Waals surface area (Å²) in [5.41, 5.74) is 1.14. The average Bonchev–Trinajstić information content (AvgIpc) is 2.59. The van der Waals surface area contributed by atoms with Gasteiger partial charge in [-0.25, -0.2) is 0 Å². The second-order valence-corrected chi connectivity index (χ2v) is 6.35. The number of piperidine rings is 1. The molecular weight excluding hydrogens is 292 g/mol. The van der Waals surface area contributed by atoms with E-state index in [0.29, 0.717) is 25.2 Å². The van der Waals surface area contributed by atoms with Crippen LogP contribution in [0.5, 0.6) is 11.5 Å². The molecule has 0 saturated carbocycles. The molecule has 2 aliphatic heterocycles. The molecule has 2 heterocycles. The minimum absolute atomic E-state index is 0.185. The average molecular weight is 318 g/mol. The van der Waals surface area contributed by atoms with Gasteiger partial charge in [-0.15, -0.1) is 0 Å². The van der Waals surface area contributed by atoms with E-state index in [9.17, 15) is 4.79 Å². The molecule has 126 valence electrons. The maximum Gasteiger partial charge on any atom is 0.219 e. The van der Waals surface area contributed by atoms with E-state index in [0.717, 1.165) is 49.5 Å². The summed E-state index contributed by atoms with van der Waals surface area (Å²) in [6, 6.07) is 6.50. The van der Waals surface area contributed by atoms with E-state index < -0.39 is 0 Å². The highest BCUT2D eigenvalue weighted by Gasteiger charge is 2.29. The molecule has 1 amide bonds. The number of ether oxygens (including phenoxy) is 2. The van der Waals surface area contributed by atoms with Gasteiger partial charge in [-0.1, -0.05) is 25.5 Å². The van der Waals surface area contributed by atoms with Crippen LogP contribution in [0.4, 0.5) is 0 Å². The molecule has 0 aliphatic carbocycles. The normalized spacial score (nSPS) is 23.7. The van der Waals surface area contributed by atoms with Crippen molar-refractivity contribution in [3.05, 3.63) is 23.8 Å². The maximum atomic E-state index is 11.6. The molecule has 1 aromatic carbocycles. The van der Waals surface area contributed by atoms with Crippen LogP contribution in [0.15, 0.2) is 18.2 Å². The van der Waals surface area contributed by atoms with Crippen LogP contribution in [-0.4, -0.2) is 43.2 Å². The third-order valence-corrected chi connectivity index (χ3v) is 4.91. The Balaban J connectivity index is 1.63. The van der Waals surface area contributed by atoms with Crippen molar-refractivity contribution in [2.75, 3.05) is 26.3 Å². The summed E-state index contributed by atoms with van der Waals surface area (Å²) in [6.45, 7) is 7.56. The molecule has 0 unspecified atom stereocenters. The van der Waals surface area contributed by atoms with Crippen LogP contribution in [0, 0.1) is 5.92 Å². The topological polar surface area (TPSA) is 50.8 Å². The first-order valence-electron chi connectivity index (χ1n) is 8.55. The van der Waals surface area contributed by atoms with Gasteiger partial charge >= 0.3 is 0 Å². The maximum absolute atomic E-state index is 11.6. The van der Waals surface area contributed by atoms with E-state index in [-0.39, 0.29) is 5.91 Å². The van der Waals surface area contributed by atoms with Crippen molar-refractivity contribution in [1.82, 2.24) is 10.2 Å². The van der Waals surface area contributed by atoms with E-state index in [1.54, 1.807) is 6.92 Å². The van der Waals surface area contributed by atoms with E-state index in [1.807, 2.05) is 17.0 Å². The Bertz CT molecular complexity index is 561. The number of nitrogens with zero attached hydrogens (tertiary/aromatic N) is 1. The fourth-order valence-corrected chi connectivity index (χ4v) is 3.51. The second-order valence-electron chi connectivity index (χ2n) is 6.35. The zero-order valence-electron chi connectivity index (χ0n) is 14.0. The molecule has 1 N–H and O–H groups in total. The number of carbonyl (C=O) groups excluding carboxylic acids is 1. The summed E-state index contributed by atoms with van der Waals surface area (Å²) in [4.78, 5) is 13.5. The third-order valence-electron chi connectivity index (χ3n) is 4.91.